The van der Waals surface area contributed by atoms with Crippen molar-refractivity contribution in [1.82, 2.24) is 25.0 Å². The number of nitrogens with one attached hydrogen (secondary N) is 1. The Labute approximate surface area is 132 Å². The van der Waals surface area contributed by atoms with Gasteiger partial charge in [-0.05, 0) is 52.6 Å². The number of aryl methyl sites for hydroxylation is 1. The Balaban J connectivity index is 1.50. The van der Waals surface area contributed by atoms with E-state index in [4.69, 9.17) is 0 Å². The van der Waals surface area contributed by atoms with E-state index in [1.807, 2.05) is 0 Å². The molecule has 1 aromatic heterocycles. The van der Waals surface area contributed by atoms with Crippen LogP contribution >= 0.6 is 0 Å². The summed E-state index contributed by atoms with van der Waals surface area (Å²) in [5, 5.41) is 11.5. The lowest BCUT2D eigenvalue weighted by atomic mass is 9.95. The molecule has 1 saturated heterocycles. The van der Waals surface area contributed by atoms with Gasteiger partial charge >= 0.3 is 0 Å². The largest absolute Gasteiger partial charge is 0.349 e. The Kier molecular flexibility index (Phi) is 4.76. The minimum Gasteiger partial charge on any atom is -0.349 e. The Morgan fingerprint density at radius 1 is 1.23 bits per heavy atom. The van der Waals surface area contributed by atoms with Crippen LogP contribution < -0.4 is 5.32 Å². The molecule has 6 nitrogen and oxygen atoms in total. The number of nitrogens with zero attached hydrogens (tertiary/aromatic N) is 4. The van der Waals surface area contributed by atoms with Crippen LogP contribution in [0, 0.1) is 5.92 Å². The van der Waals surface area contributed by atoms with E-state index in [0.717, 1.165) is 50.5 Å². The molecule has 3 rings (SSSR count). The van der Waals surface area contributed by atoms with Crippen LogP contribution in [0.25, 0.3) is 0 Å². The molecule has 1 amide bonds. The van der Waals surface area contributed by atoms with Crippen molar-refractivity contribution >= 4 is 5.91 Å². The van der Waals surface area contributed by atoms with E-state index in [1.54, 1.807) is 0 Å². The summed E-state index contributed by atoms with van der Waals surface area (Å²) in [6.07, 6.45) is 5.30. The summed E-state index contributed by atoms with van der Waals surface area (Å²) in [4.78, 5) is 14.8. The van der Waals surface area contributed by atoms with E-state index >= 15 is 0 Å². The number of likely N-dealkylation sites (tertiary alicyclic amines) is 1. The van der Waals surface area contributed by atoms with Gasteiger partial charge in [-0.2, -0.15) is 0 Å². The van der Waals surface area contributed by atoms with Gasteiger partial charge in [-0.15, -0.1) is 10.2 Å². The van der Waals surface area contributed by atoms with Gasteiger partial charge in [-0.3, -0.25) is 4.79 Å². The predicted octanol–water partition coefficient (Wildman–Crippen LogP) is 1.35. The number of aromatic nitrogens is 3. The summed E-state index contributed by atoms with van der Waals surface area (Å²) in [6, 6.07) is 0.575. The Bertz CT molecular complexity index is 517. The normalized spacial score (nSPS) is 20.1. The van der Waals surface area contributed by atoms with Crippen LogP contribution in [-0.2, 0) is 24.3 Å². The van der Waals surface area contributed by atoms with Gasteiger partial charge in [0.2, 0.25) is 5.91 Å². The maximum absolute atomic E-state index is 12.4. The quantitative estimate of drug-likeness (QED) is 0.912. The molecule has 22 heavy (non-hydrogen) atoms. The van der Waals surface area contributed by atoms with Gasteiger partial charge in [0, 0.05) is 24.9 Å². The molecule has 0 saturated carbocycles. The second kappa shape index (κ2) is 6.77. The SMILES string of the molecule is CC(C)N1CCC(C(=O)NCc2nnc3n2CCCC3)CC1. The number of hydrogen-bond acceptors (Lipinski definition) is 4. The Morgan fingerprint density at radius 3 is 2.73 bits per heavy atom. The van der Waals surface area contributed by atoms with Gasteiger partial charge in [-0.1, -0.05) is 0 Å². The van der Waals surface area contributed by atoms with Crippen molar-refractivity contribution in [3.8, 4) is 0 Å². The van der Waals surface area contributed by atoms with Gasteiger partial charge in [0.15, 0.2) is 5.82 Å². The summed E-state index contributed by atoms with van der Waals surface area (Å²) in [7, 11) is 0. The van der Waals surface area contributed by atoms with Crippen LogP contribution in [0.15, 0.2) is 0 Å². The third kappa shape index (κ3) is 3.32. The molecule has 0 radical (unpaired) electrons. The van der Waals surface area contributed by atoms with Crippen molar-refractivity contribution in [3.05, 3.63) is 11.6 Å². The second-order valence-corrected chi connectivity index (χ2v) is 6.76. The number of piperidine rings is 1. The number of carbonyl (C=O) groups is 1. The van der Waals surface area contributed by atoms with E-state index in [0.29, 0.717) is 12.6 Å². The summed E-state index contributed by atoms with van der Waals surface area (Å²) < 4.78 is 2.17. The monoisotopic (exact) mass is 305 g/mol. The molecule has 0 bridgehead atoms. The predicted molar refractivity (Wildman–Crippen MR) is 84.2 cm³/mol. The number of carbonyl (C=O) groups excluding carboxylic acids is 1. The lowest BCUT2D eigenvalue weighted by Gasteiger charge is -2.33. The summed E-state index contributed by atoms with van der Waals surface area (Å²) in [5.41, 5.74) is 0. The molecule has 1 N–H and O–H groups in total. The minimum absolute atomic E-state index is 0.152. The molecule has 0 spiro atoms. The van der Waals surface area contributed by atoms with Crippen molar-refractivity contribution in [2.75, 3.05) is 13.1 Å². The highest BCUT2D eigenvalue weighted by Crippen LogP contribution is 2.19. The lowest BCUT2D eigenvalue weighted by Crippen LogP contribution is -2.43. The molecule has 0 atom stereocenters. The minimum atomic E-state index is 0.152. The van der Waals surface area contributed by atoms with Crippen molar-refractivity contribution in [2.45, 2.75) is 65.1 Å². The highest BCUT2D eigenvalue weighted by Gasteiger charge is 2.26. The standard InChI is InChI=1S/C16H27N5O/c1-12(2)20-9-6-13(7-10-20)16(22)17-11-15-19-18-14-5-3-4-8-21(14)15/h12-13H,3-11H2,1-2H3,(H,17,22). The number of fused-ring (bicyclic) bond motifs is 1. The van der Waals surface area contributed by atoms with E-state index in [9.17, 15) is 4.79 Å². The second-order valence-electron chi connectivity index (χ2n) is 6.76. The number of hydrogen-bond donors (Lipinski definition) is 1. The fourth-order valence-corrected chi connectivity index (χ4v) is 3.49. The third-order valence-electron chi connectivity index (χ3n) is 4.99. The summed E-state index contributed by atoms with van der Waals surface area (Å²) >= 11 is 0. The number of amides is 1. The average Bonchev–Trinajstić information content (AvgIpc) is 2.96. The molecular formula is C16H27N5O. The molecule has 0 unspecified atom stereocenters. The molecule has 2 aliphatic rings. The van der Waals surface area contributed by atoms with Gasteiger partial charge in [0.05, 0.1) is 6.54 Å². The van der Waals surface area contributed by atoms with Gasteiger partial charge in [0.1, 0.15) is 5.82 Å². The van der Waals surface area contributed by atoms with Gasteiger partial charge in [-0.25, -0.2) is 0 Å². The Morgan fingerprint density at radius 2 is 2.00 bits per heavy atom. The molecule has 0 aliphatic carbocycles. The first-order valence-corrected chi connectivity index (χ1v) is 8.58. The van der Waals surface area contributed by atoms with E-state index < -0.39 is 0 Å². The van der Waals surface area contributed by atoms with Crippen LogP contribution in [0.5, 0.6) is 0 Å². The number of rotatable bonds is 4. The fourth-order valence-electron chi connectivity index (χ4n) is 3.49. The van der Waals surface area contributed by atoms with Crippen LogP contribution in [-0.4, -0.2) is 44.7 Å². The molecule has 3 heterocycles. The maximum Gasteiger partial charge on any atom is 0.223 e. The van der Waals surface area contributed by atoms with Crippen molar-refractivity contribution < 1.29 is 4.79 Å². The molecule has 1 aromatic rings. The highest BCUT2D eigenvalue weighted by atomic mass is 16.1. The average molecular weight is 305 g/mol. The molecule has 1 fully saturated rings. The van der Waals surface area contributed by atoms with E-state index in [-0.39, 0.29) is 11.8 Å². The molecule has 2 aliphatic heterocycles. The van der Waals surface area contributed by atoms with E-state index in [2.05, 4.69) is 38.8 Å². The van der Waals surface area contributed by atoms with Gasteiger partial charge < -0.3 is 14.8 Å². The first kappa shape index (κ1) is 15.5. The van der Waals surface area contributed by atoms with E-state index in [1.165, 1.54) is 12.8 Å². The smallest absolute Gasteiger partial charge is 0.223 e. The molecular weight excluding hydrogens is 278 g/mol. The molecule has 122 valence electrons. The fraction of sp³-hybridized carbons (Fsp3) is 0.812. The van der Waals surface area contributed by atoms with Crippen LogP contribution in [0.3, 0.4) is 0 Å². The highest BCUT2D eigenvalue weighted by molar-refractivity contribution is 5.78. The lowest BCUT2D eigenvalue weighted by molar-refractivity contribution is -0.126. The van der Waals surface area contributed by atoms with Crippen molar-refractivity contribution in [2.24, 2.45) is 5.92 Å². The zero-order valence-electron chi connectivity index (χ0n) is 13.7. The van der Waals surface area contributed by atoms with Crippen molar-refractivity contribution in [1.29, 1.82) is 0 Å². The summed E-state index contributed by atoms with van der Waals surface area (Å²) in [5.74, 6) is 2.30. The third-order valence-corrected chi connectivity index (χ3v) is 4.99. The Hall–Kier alpha value is -1.43. The molecule has 0 aromatic carbocycles. The van der Waals surface area contributed by atoms with Crippen LogP contribution in [0.1, 0.15) is 51.2 Å². The van der Waals surface area contributed by atoms with Crippen LogP contribution in [0.2, 0.25) is 0 Å². The molecule has 6 heteroatoms. The zero-order chi connectivity index (χ0) is 15.5. The first-order valence-electron chi connectivity index (χ1n) is 8.58. The maximum atomic E-state index is 12.4. The van der Waals surface area contributed by atoms with Crippen LogP contribution in [0.4, 0.5) is 0 Å². The van der Waals surface area contributed by atoms with Crippen molar-refractivity contribution in [3.63, 3.8) is 0 Å². The summed E-state index contributed by atoms with van der Waals surface area (Å²) in [6.45, 7) is 7.98. The zero-order valence-corrected chi connectivity index (χ0v) is 13.7. The van der Waals surface area contributed by atoms with Gasteiger partial charge in [0.25, 0.3) is 0 Å². The topological polar surface area (TPSA) is 63.1 Å². The first-order chi connectivity index (χ1) is 10.6.